The largest absolute Gasteiger partial charge is 0.360 e. The van der Waals surface area contributed by atoms with Crippen molar-refractivity contribution >= 4 is 34.0 Å². The Hall–Kier alpha value is -2.58. The predicted molar refractivity (Wildman–Crippen MR) is 101 cm³/mol. The number of benzene rings is 1. The second kappa shape index (κ2) is 7.35. The van der Waals surface area contributed by atoms with Crippen LogP contribution in [0.15, 0.2) is 57.5 Å². The third-order valence-electron chi connectivity index (χ3n) is 3.75. The fraction of sp³-hybridized carbons (Fsp3) is 0.167. The van der Waals surface area contributed by atoms with Gasteiger partial charge in [-0.3, -0.25) is 9.20 Å². The average molecular weight is 384 g/mol. The fourth-order valence-corrected chi connectivity index (χ4v) is 4.18. The standard InChI is InChI=1S/C18H16N4O2S2/c1-12-8-14(24-21-12)11-26-16-5-3-2-4-15(16)17(23)19-9-13-10-22-6-7-25-18(22)20-13/h2-8,10H,9,11H2,1H3,(H,19,23). The van der Waals surface area contributed by atoms with E-state index in [0.29, 0.717) is 17.9 Å². The van der Waals surface area contributed by atoms with Gasteiger partial charge in [0.25, 0.3) is 5.91 Å². The molecule has 3 heterocycles. The van der Waals surface area contributed by atoms with E-state index in [4.69, 9.17) is 4.52 Å². The topological polar surface area (TPSA) is 72.4 Å². The van der Waals surface area contributed by atoms with Crippen LogP contribution >= 0.6 is 23.1 Å². The van der Waals surface area contributed by atoms with Gasteiger partial charge in [0.1, 0.15) is 5.76 Å². The monoisotopic (exact) mass is 384 g/mol. The highest BCUT2D eigenvalue weighted by Crippen LogP contribution is 2.26. The molecule has 0 aliphatic heterocycles. The molecule has 8 heteroatoms. The Labute approximate surface area is 158 Å². The van der Waals surface area contributed by atoms with Crippen LogP contribution in [0.5, 0.6) is 0 Å². The number of hydrogen-bond donors (Lipinski definition) is 1. The number of carbonyl (C=O) groups is 1. The fourth-order valence-electron chi connectivity index (χ4n) is 2.54. The minimum absolute atomic E-state index is 0.113. The summed E-state index contributed by atoms with van der Waals surface area (Å²) in [7, 11) is 0. The van der Waals surface area contributed by atoms with Crippen molar-refractivity contribution in [2.45, 2.75) is 24.1 Å². The maximum Gasteiger partial charge on any atom is 0.252 e. The minimum Gasteiger partial charge on any atom is -0.360 e. The molecular weight excluding hydrogens is 368 g/mol. The van der Waals surface area contributed by atoms with Crippen LogP contribution in [0.1, 0.15) is 27.5 Å². The summed E-state index contributed by atoms with van der Waals surface area (Å²) < 4.78 is 7.19. The Kier molecular flexibility index (Phi) is 4.77. The van der Waals surface area contributed by atoms with Crippen molar-refractivity contribution in [2.24, 2.45) is 0 Å². The molecule has 1 amide bonds. The molecule has 0 spiro atoms. The number of nitrogens with one attached hydrogen (secondary N) is 1. The van der Waals surface area contributed by atoms with Crippen molar-refractivity contribution in [1.29, 1.82) is 0 Å². The molecule has 0 aliphatic rings. The van der Waals surface area contributed by atoms with E-state index in [0.717, 1.165) is 27.0 Å². The molecule has 0 radical (unpaired) electrons. The van der Waals surface area contributed by atoms with Crippen LogP contribution in [0.3, 0.4) is 0 Å². The molecular formula is C18H16N4O2S2. The summed E-state index contributed by atoms with van der Waals surface area (Å²) in [4.78, 5) is 18.9. The van der Waals surface area contributed by atoms with Crippen LogP contribution in [0.25, 0.3) is 4.96 Å². The third-order valence-corrected chi connectivity index (χ3v) is 5.62. The van der Waals surface area contributed by atoms with Gasteiger partial charge < -0.3 is 9.84 Å². The van der Waals surface area contributed by atoms with E-state index >= 15 is 0 Å². The Balaban J connectivity index is 1.42. The van der Waals surface area contributed by atoms with E-state index in [1.54, 1.807) is 23.1 Å². The zero-order chi connectivity index (χ0) is 17.9. The van der Waals surface area contributed by atoms with Gasteiger partial charge in [0, 0.05) is 28.7 Å². The molecule has 132 valence electrons. The maximum atomic E-state index is 12.6. The highest BCUT2D eigenvalue weighted by Gasteiger charge is 2.13. The lowest BCUT2D eigenvalue weighted by molar-refractivity contribution is 0.0947. The Morgan fingerprint density at radius 2 is 2.27 bits per heavy atom. The third kappa shape index (κ3) is 3.66. The van der Waals surface area contributed by atoms with Crippen molar-refractivity contribution in [3.8, 4) is 0 Å². The molecule has 0 unspecified atom stereocenters. The van der Waals surface area contributed by atoms with Gasteiger partial charge in [-0.2, -0.15) is 0 Å². The second-order valence-corrected chi connectivity index (χ2v) is 7.62. The van der Waals surface area contributed by atoms with Gasteiger partial charge in [-0.15, -0.1) is 23.1 Å². The Morgan fingerprint density at radius 3 is 3.08 bits per heavy atom. The lowest BCUT2D eigenvalue weighted by Gasteiger charge is -2.08. The number of imidazole rings is 1. The summed E-state index contributed by atoms with van der Waals surface area (Å²) in [6.45, 7) is 2.28. The first-order chi connectivity index (χ1) is 12.7. The number of amides is 1. The van der Waals surface area contributed by atoms with Crippen molar-refractivity contribution in [1.82, 2.24) is 19.9 Å². The van der Waals surface area contributed by atoms with Gasteiger partial charge in [0.15, 0.2) is 4.96 Å². The molecule has 0 saturated heterocycles. The van der Waals surface area contributed by atoms with Gasteiger partial charge in [-0.05, 0) is 19.1 Å². The lowest BCUT2D eigenvalue weighted by atomic mass is 10.2. The predicted octanol–water partition coefficient (Wildman–Crippen LogP) is 3.91. The molecule has 0 saturated carbocycles. The van der Waals surface area contributed by atoms with Gasteiger partial charge in [0.2, 0.25) is 0 Å². The number of carbonyl (C=O) groups excluding carboxylic acids is 1. The SMILES string of the molecule is Cc1cc(CSc2ccccc2C(=O)NCc2cn3ccsc3n2)on1. The maximum absolute atomic E-state index is 12.6. The van der Waals surface area contributed by atoms with E-state index in [2.05, 4.69) is 15.5 Å². The summed E-state index contributed by atoms with van der Waals surface area (Å²) in [6, 6.07) is 9.46. The van der Waals surface area contributed by atoms with E-state index in [1.807, 2.05) is 59.4 Å². The van der Waals surface area contributed by atoms with Crippen molar-refractivity contribution < 1.29 is 9.32 Å². The average Bonchev–Trinajstić information content (AvgIpc) is 3.34. The zero-order valence-corrected chi connectivity index (χ0v) is 15.6. The summed E-state index contributed by atoms with van der Waals surface area (Å²) in [5.74, 6) is 1.31. The number of nitrogens with zero attached hydrogens (tertiary/aromatic N) is 3. The summed E-state index contributed by atoms with van der Waals surface area (Å²) in [6.07, 6.45) is 3.88. The summed E-state index contributed by atoms with van der Waals surface area (Å²) >= 11 is 3.13. The highest BCUT2D eigenvalue weighted by atomic mass is 32.2. The van der Waals surface area contributed by atoms with Gasteiger partial charge >= 0.3 is 0 Å². The molecule has 4 rings (SSSR count). The van der Waals surface area contributed by atoms with Crippen LogP contribution in [-0.2, 0) is 12.3 Å². The second-order valence-electron chi connectivity index (χ2n) is 5.73. The minimum atomic E-state index is -0.113. The number of aromatic nitrogens is 3. The Morgan fingerprint density at radius 1 is 1.38 bits per heavy atom. The molecule has 3 aromatic heterocycles. The van der Waals surface area contributed by atoms with Crippen molar-refractivity contribution in [2.75, 3.05) is 0 Å². The first-order valence-electron chi connectivity index (χ1n) is 8.02. The van der Waals surface area contributed by atoms with Crippen molar-refractivity contribution in [3.63, 3.8) is 0 Å². The van der Waals surface area contributed by atoms with Crippen LogP contribution in [0, 0.1) is 6.92 Å². The molecule has 0 aliphatic carbocycles. The summed E-state index contributed by atoms with van der Waals surface area (Å²) in [5, 5.41) is 8.82. The lowest BCUT2D eigenvalue weighted by Crippen LogP contribution is -2.23. The zero-order valence-electron chi connectivity index (χ0n) is 14.0. The quantitative estimate of drug-likeness (QED) is 0.510. The first kappa shape index (κ1) is 16.9. The molecule has 4 aromatic rings. The molecule has 0 bridgehead atoms. The number of fused-ring (bicyclic) bond motifs is 1. The van der Waals surface area contributed by atoms with Crippen LogP contribution in [0.4, 0.5) is 0 Å². The van der Waals surface area contributed by atoms with E-state index in [9.17, 15) is 4.79 Å². The Bertz CT molecular complexity index is 1020. The van der Waals surface area contributed by atoms with Crippen LogP contribution in [0.2, 0.25) is 0 Å². The number of hydrogen-bond acceptors (Lipinski definition) is 6. The van der Waals surface area contributed by atoms with Crippen LogP contribution in [-0.4, -0.2) is 20.4 Å². The molecule has 0 fully saturated rings. The molecule has 6 nitrogen and oxygen atoms in total. The number of thiazole rings is 1. The van der Waals surface area contributed by atoms with Gasteiger partial charge in [-0.1, -0.05) is 17.3 Å². The molecule has 1 N–H and O–H groups in total. The normalized spacial score (nSPS) is 11.1. The highest BCUT2D eigenvalue weighted by molar-refractivity contribution is 7.98. The molecule has 1 aromatic carbocycles. The smallest absolute Gasteiger partial charge is 0.252 e. The molecule has 0 atom stereocenters. The molecule has 26 heavy (non-hydrogen) atoms. The van der Waals surface area contributed by atoms with Gasteiger partial charge in [0.05, 0.1) is 29.2 Å². The number of thioether (sulfide) groups is 1. The number of rotatable bonds is 6. The van der Waals surface area contributed by atoms with Crippen LogP contribution < -0.4 is 5.32 Å². The van der Waals surface area contributed by atoms with Gasteiger partial charge in [-0.25, -0.2) is 4.98 Å². The first-order valence-corrected chi connectivity index (χ1v) is 9.89. The van der Waals surface area contributed by atoms with E-state index in [1.165, 1.54) is 0 Å². The summed E-state index contributed by atoms with van der Waals surface area (Å²) in [5.41, 5.74) is 2.34. The van der Waals surface area contributed by atoms with Crippen molar-refractivity contribution in [3.05, 3.63) is 70.8 Å². The number of aryl methyl sites for hydroxylation is 1. The van der Waals surface area contributed by atoms with E-state index in [-0.39, 0.29) is 5.91 Å². The van der Waals surface area contributed by atoms with E-state index < -0.39 is 0 Å².